The van der Waals surface area contributed by atoms with E-state index in [1.165, 1.54) is 10.5 Å². The van der Waals surface area contributed by atoms with E-state index in [4.69, 9.17) is 13.9 Å². The summed E-state index contributed by atoms with van der Waals surface area (Å²) < 4.78 is 17.1. The van der Waals surface area contributed by atoms with Crippen molar-refractivity contribution in [3.8, 4) is 0 Å². The van der Waals surface area contributed by atoms with E-state index in [-0.39, 0.29) is 25.0 Å². The third-order valence-electron chi connectivity index (χ3n) is 6.22. The van der Waals surface area contributed by atoms with Crippen molar-refractivity contribution in [2.24, 2.45) is 0 Å². The first-order valence-corrected chi connectivity index (χ1v) is 13.7. The normalized spacial score (nSPS) is 17.6. The maximum atomic E-state index is 12.9. The number of ether oxygens (including phenoxy) is 2. The molecule has 3 aromatic rings. The van der Waals surface area contributed by atoms with Crippen molar-refractivity contribution in [2.75, 3.05) is 6.54 Å². The summed E-state index contributed by atoms with van der Waals surface area (Å²) in [6.45, 7) is 6.78. The highest BCUT2D eigenvalue weighted by Crippen LogP contribution is 2.24. The van der Waals surface area contributed by atoms with Gasteiger partial charge in [-0.05, 0) is 26.9 Å². The van der Waals surface area contributed by atoms with Crippen LogP contribution in [-0.2, 0) is 25.9 Å². The van der Waals surface area contributed by atoms with Crippen LogP contribution < -0.4 is 10.4 Å². The Hall–Kier alpha value is -3.62. The summed E-state index contributed by atoms with van der Waals surface area (Å²) in [5, 5.41) is 11.4. The van der Waals surface area contributed by atoms with Gasteiger partial charge in [-0.25, -0.2) is 9.59 Å². The van der Waals surface area contributed by atoms with Crippen LogP contribution in [0.3, 0.4) is 0 Å². The van der Waals surface area contributed by atoms with Crippen molar-refractivity contribution in [3.05, 3.63) is 96.1 Å². The van der Waals surface area contributed by atoms with Crippen LogP contribution in [0.4, 0.5) is 9.59 Å². The first-order chi connectivity index (χ1) is 17.7. The van der Waals surface area contributed by atoms with E-state index in [1.807, 2.05) is 60.7 Å². The molecule has 7 nitrogen and oxygen atoms in total. The van der Waals surface area contributed by atoms with Crippen LogP contribution in [0, 0.1) is 0 Å². The second-order valence-corrected chi connectivity index (χ2v) is 12.1. The molecule has 37 heavy (non-hydrogen) atoms. The Morgan fingerprint density at radius 1 is 0.919 bits per heavy atom. The van der Waals surface area contributed by atoms with Crippen LogP contribution in [0.1, 0.15) is 38.3 Å². The summed E-state index contributed by atoms with van der Waals surface area (Å²) in [5.74, 6) is 0. The molecule has 0 aliphatic carbocycles. The minimum absolute atomic E-state index is 0.0342. The van der Waals surface area contributed by atoms with E-state index in [0.717, 1.165) is 15.9 Å². The zero-order valence-electron chi connectivity index (χ0n) is 21.3. The van der Waals surface area contributed by atoms with Gasteiger partial charge in [-0.3, -0.25) is 4.90 Å². The van der Waals surface area contributed by atoms with Crippen molar-refractivity contribution in [1.82, 2.24) is 4.90 Å². The van der Waals surface area contributed by atoms with Gasteiger partial charge in [0.05, 0.1) is 12.6 Å². The summed E-state index contributed by atoms with van der Waals surface area (Å²) >= 11 is 0. The number of amides is 1. The molecule has 1 amide bonds. The lowest BCUT2D eigenvalue weighted by molar-refractivity contribution is -0.0147. The number of hydrogen-bond acceptors (Lipinski definition) is 5. The molecule has 1 heterocycles. The lowest BCUT2D eigenvalue weighted by Gasteiger charge is -2.23. The van der Waals surface area contributed by atoms with Gasteiger partial charge in [0.2, 0.25) is 0 Å². The van der Waals surface area contributed by atoms with Gasteiger partial charge in [-0.2, -0.15) is 0 Å². The zero-order valence-corrected chi connectivity index (χ0v) is 22.3. The molecule has 1 radical (unpaired) electrons. The minimum Gasteiger partial charge on any atom is -0.450 e. The molecule has 1 N–H and O–H groups in total. The van der Waals surface area contributed by atoms with Crippen molar-refractivity contribution >= 4 is 31.7 Å². The second kappa shape index (κ2) is 11.6. The highest BCUT2D eigenvalue weighted by Gasteiger charge is 2.41. The lowest BCUT2D eigenvalue weighted by atomic mass is 9.87. The number of hydrogen-bond donors (Lipinski definition) is 1. The van der Waals surface area contributed by atoms with Gasteiger partial charge in [-0.1, -0.05) is 106 Å². The average molecular weight is 519 g/mol. The van der Waals surface area contributed by atoms with Crippen LogP contribution in [0.2, 0.25) is 0 Å². The predicted molar refractivity (Wildman–Crippen MR) is 142 cm³/mol. The van der Waals surface area contributed by atoms with Crippen molar-refractivity contribution < 1.29 is 28.6 Å². The van der Waals surface area contributed by atoms with Crippen LogP contribution >= 0.6 is 0 Å². The summed E-state index contributed by atoms with van der Waals surface area (Å²) in [5.41, 5.74) is 2.10. The SMILES string of the molecule is CC(C)(C)c1ccc([Si](O[C@@H]2C[C@@H](OC(=O)O)N(C(=O)OCc3ccccc3)C2)c2ccccc2)cc1. The highest BCUT2D eigenvalue weighted by atomic mass is 28.3. The smallest absolute Gasteiger partial charge is 0.450 e. The van der Waals surface area contributed by atoms with Gasteiger partial charge in [0.25, 0.3) is 9.04 Å². The third-order valence-corrected chi connectivity index (χ3v) is 8.51. The van der Waals surface area contributed by atoms with E-state index in [9.17, 15) is 14.7 Å². The molecule has 3 aromatic carbocycles. The minimum atomic E-state index is -1.68. The van der Waals surface area contributed by atoms with Crippen LogP contribution in [0.15, 0.2) is 84.9 Å². The average Bonchev–Trinajstić information content (AvgIpc) is 3.28. The molecular formula is C29H32NO6Si. The van der Waals surface area contributed by atoms with E-state index in [1.54, 1.807) is 0 Å². The molecule has 0 spiro atoms. The standard InChI is InChI=1S/C29H32NO6Si/c1-29(2,3)22-14-16-25(17-15-22)37(24-12-8-5-9-13-24)36-23-18-26(35-28(32)33)30(19-23)27(31)34-20-21-10-6-4-7-11-21/h4-17,23,26H,18-20H2,1-3H3,(H,32,33)/t23-,26-/m1/s1. The van der Waals surface area contributed by atoms with Crippen LogP contribution in [-0.4, -0.2) is 50.2 Å². The Morgan fingerprint density at radius 2 is 1.51 bits per heavy atom. The molecule has 1 fully saturated rings. The topological polar surface area (TPSA) is 85.3 Å². The van der Waals surface area contributed by atoms with Gasteiger partial charge < -0.3 is 19.0 Å². The van der Waals surface area contributed by atoms with Gasteiger partial charge in [-0.15, -0.1) is 0 Å². The Kier molecular flexibility index (Phi) is 8.30. The first-order valence-electron chi connectivity index (χ1n) is 12.3. The van der Waals surface area contributed by atoms with E-state index >= 15 is 0 Å². The molecule has 4 rings (SSSR count). The largest absolute Gasteiger partial charge is 0.507 e. The molecular weight excluding hydrogens is 486 g/mol. The fourth-order valence-corrected chi connectivity index (χ4v) is 6.33. The number of carbonyl (C=O) groups excluding carboxylic acids is 1. The fourth-order valence-electron chi connectivity index (χ4n) is 4.25. The number of nitrogens with zero attached hydrogens (tertiary/aromatic N) is 1. The lowest BCUT2D eigenvalue weighted by Crippen LogP contribution is -2.48. The molecule has 2 atom stereocenters. The maximum absolute atomic E-state index is 12.9. The monoisotopic (exact) mass is 518 g/mol. The number of rotatable bonds is 7. The summed E-state index contributed by atoms with van der Waals surface area (Å²) in [7, 11) is -1.68. The third kappa shape index (κ3) is 6.99. The Bertz CT molecular complexity index is 1180. The van der Waals surface area contributed by atoms with Crippen LogP contribution in [0.5, 0.6) is 0 Å². The zero-order chi connectivity index (χ0) is 26.4. The molecule has 0 bridgehead atoms. The highest BCUT2D eigenvalue weighted by molar-refractivity contribution is 6.80. The van der Waals surface area contributed by atoms with Crippen molar-refractivity contribution in [2.45, 2.75) is 51.5 Å². The first kappa shape index (κ1) is 26.4. The van der Waals surface area contributed by atoms with Crippen molar-refractivity contribution in [3.63, 3.8) is 0 Å². The molecule has 0 aromatic heterocycles. The van der Waals surface area contributed by atoms with Gasteiger partial charge in [0, 0.05) is 6.42 Å². The fraction of sp³-hybridized carbons (Fsp3) is 0.310. The number of likely N-dealkylation sites (tertiary alicyclic amines) is 1. The second-order valence-electron chi connectivity index (χ2n) is 10.0. The summed E-state index contributed by atoms with van der Waals surface area (Å²) in [6.07, 6.45) is -3.24. The summed E-state index contributed by atoms with van der Waals surface area (Å²) in [4.78, 5) is 25.5. The van der Waals surface area contributed by atoms with Gasteiger partial charge in [0.1, 0.15) is 6.61 Å². The van der Waals surface area contributed by atoms with Gasteiger partial charge in [0.15, 0.2) is 6.23 Å². The summed E-state index contributed by atoms with van der Waals surface area (Å²) in [6, 6.07) is 27.8. The number of carboxylic acid groups (broad SMARTS) is 1. The Morgan fingerprint density at radius 3 is 2.11 bits per heavy atom. The molecule has 0 unspecified atom stereocenters. The molecule has 193 valence electrons. The number of carbonyl (C=O) groups is 2. The van der Waals surface area contributed by atoms with E-state index in [0.29, 0.717) is 0 Å². The molecule has 8 heteroatoms. The number of benzene rings is 3. The van der Waals surface area contributed by atoms with E-state index in [2.05, 4.69) is 45.0 Å². The van der Waals surface area contributed by atoms with E-state index < -0.39 is 33.6 Å². The Balaban J connectivity index is 1.52. The van der Waals surface area contributed by atoms with Crippen molar-refractivity contribution in [1.29, 1.82) is 0 Å². The van der Waals surface area contributed by atoms with Gasteiger partial charge >= 0.3 is 12.2 Å². The Labute approximate surface area is 219 Å². The predicted octanol–water partition coefficient (Wildman–Crippen LogP) is 4.54. The molecule has 1 aliphatic heterocycles. The van der Waals surface area contributed by atoms with Crippen LogP contribution in [0.25, 0.3) is 0 Å². The quantitative estimate of drug-likeness (QED) is 0.365. The molecule has 1 aliphatic rings. The molecule has 0 saturated carbocycles. The molecule has 1 saturated heterocycles. The maximum Gasteiger partial charge on any atom is 0.507 e.